The summed E-state index contributed by atoms with van der Waals surface area (Å²) in [7, 11) is 3.30. The van der Waals surface area contributed by atoms with Crippen LogP contribution in [0.15, 0.2) is 59.8 Å². The fourth-order valence-corrected chi connectivity index (χ4v) is 3.55. The van der Waals surface area contributed by atoms with Gasteiger partial charge in [0.15, 0.2) is 0 Å². The van der Waals surface area contributed by atoms with Crippen LogP contribution in [0.4, 0.5) is 10.5 Å². The van der Waals surface area contributed by atoms with E-state index in [0.29, 0.717) is 12.1 Å². The molecular formula is C21H21N3O3. The summed E-state index contributed by atoms with van der Waals surface area (Å²) in [6.45, 7) is 2.39. The number of ether oxygens (including phenoxy) is 1. The highest BCUT2D eigenvalue weighted by Gasteiger charge is 2.43. The van der Waals surface area contributed by atoms with Crippen LogP contribution in [0, 0.1) is 6.92 Å². The molecule has 4 rings (SSSR count). The molecule has 3 amide bonds. The van der Waals surface area contributed by atoms with E-state index in [2.05, 4.69) is 5.32 Å². The first kappa shape index (κ1) is 17.1. The minimum atomic E-state index is -0.474. The SMILES string of the molecule is COc1ccc([C@@H]2NC(=O)N(C)C3=C2C(=O)N(c2ccc(C)cc2)C3)cc1. The Morgan fingerprint density at radius 2 is 1.70 bits per heavy atom. The normalized spacial score (nSPS) is 19.3. The van der Waals surface area contributed by atoms with Crippen LogP contribution in [-0.2, 0) is 4.79 Å². The van der Waals surface area contributed by atoms with Crippen LogP contribution in [0.5, 0.6) is 5.75 Å². The van der Waals surface area contributed by atoms with Crippen LogP contribution in [0.3, 0.4) is 0 Å². The molecule has 0 saturated heterocycles. The number of likely N-dealkylation sites (N-methyl/N-ethyl adjacent to an activating group) is 1. The van der Waals surface area contributed by atoms with Crippen LogP contribution >= 0.6 is 0 Å². The van der Waals surface area contributed by atoms with Crippen molar-refractivity contribution in [2.45, 2.75) is 13.0 Å². The highest BCUT2D eigenvalue weighted by Crippen LogP contribution is 2.37. The number of hydrogen-bond acceptors (Lipinski definition) is 3. The lowest BCUT2D eigenvalue weighted by Gasteiger charge is -2.31. The van der Waals surface area contributed by atoms with Crippen LogP contribution in [0.2, 0.25) is 0 Å². The molecule has 6 nitrogen and oxygen atoms in total. The van der Waals surface area contributed by atoms with E-state index in [1.165, 1.54) is 4.90 Å². The lowest BCUT2D eigenvalue weighted by molar-refractivity contribution is -0.114. The maximum atomic E-state index is 13.2. The quantitative estimate of drug-likeness (QED) is 0.912. The van der Waals surface area contributed by atoms with Crippen molar-refractivity contribution in [1.82, 2.24) is 10.2 Å². The minimum absolute atomic E-state index is 0.0819. The largest absolute Gasteiger partial charge is 0.497 e. The highest BCUT2D eigenvalue weighted by molar-refractivity contribution is 6.11. The molecule has 0 unspecified atom stereocenters. The van der Waals surface area contributed by atoms with Crippen molar-refractivity contribution in [3.63, 3.8) is 0 Å². The van der Waals surface area contributed by atoms with Crippen molar-refractivity contribution < 1.29 is 14.3 Å². The molecular weight excluding hydrogens is 342 g/mol. The molecule has 0 saturated carbocycles. The second-order valence-electron chi connectivity index (χ2n) is 6.80. The van der Waals surface area contributed by atoms with E-state index >= 15 is 0 Å². The number of anilines is 1. The average Bonchev–Trinajstić information content (AvgIpc) is 3.03. The smallest absolute Gasteiger partial charge is 0.322 e. The standard InChI is InChI=1S/C21H21N3O3/c1-13-4-8-15(9-5-13)24-12-17-18(20(24)25)19(22-21(26)23(17)2)14-6-10-16(27-3)11-7-14/h4-11,19H,12H2,1-3H3,(H,22,26)/t19-/m0/s1. The predicted molar refractivity (Wildman–Crippen MR) is 103 cm³/mol. The fourth-order valence-electron chi connectivity index (χ4n) is 3.55. The number of nitrogens with zero attached hydrogens (tertiary/aromatic N) is 2. The summed E-state index contributed by atoms with van der Waals surface area (Å²) in [5.74, 6) is 0.646. The molecule has 2 heterocycles. The van der Waals surface area contributed by atoms with Gasteiger partial charge in [0.05, 0.1) is 31.0 Å². The zero-order valence-electron chi connectivity index (χ0n) is 15.5. The summed E-state index contributed by atoms with van der Waals surface area (Å²) in [5, 5.41) is 2.94. The van der Waals surface area contributed by atoms with Crippen molar-refractivity contribution in [3.05, 3.63) is 70.9 Å². The van der Waals surface area contributed by atoms with E-state index in [-0.39, 0.29) is 11.9 Å². The first-order valence-corrected chi connectivity index (χ1v) is 8.79. The van der Waals surface area contributed by atoms with E-state index in [9.17, 15) is 9.59 Å². The number of carbonyl (C=O) groups excluding carboxylic acids is 2. The van der Waals surface area contributed by atoms with E-state index < -0.39 is 6.04 Å². The third-order valence-electron chi connectivity index (χ3n) is 5.16. The van der Waals surface area contributed by atoms with Gasteiger partial charge >= 0.3 is 6.03 Å². The van der Waals surface area contributed by atoms with Crippen molar-refractivity contribution in [1.29, 1.82) is 0 Å². The van der Waals surface area contributed by atoms with Crippen molar-refractivity contribution in [2.24, 2.45) is 0 Å². The molecule has 138 valence electrons. The molecule has 1 atom stereocenters. The first-order valence-electron chi connectivity index (χ1n) is 8.79. The minimum Gasteiger partial charge on any atom is -0.497 e. The van der Waals surface area contributed by atoms with Gasteiger partial charge < -0.3 is 15.0 Å². The lowest BCUT2D eigenvalue weighted by Crippen LogP contribution is -2.45. The zero-order chi connectivity index (χ0) is 19.1. The van der Waals surface area contributed by atoms with Gasteiger partial charge in [-0.1, -0.05) is 29.8 Å². The van der Waals surface area contributed by atoms with Crippen molar-refractivity contribution in [2.75, 3.05) is 25.6 Å². The number of carbonyl (C=O) groups is 2. The van der Waals surface area contributed by atoms with Crippen LogP contribution in [0.25, 0.3) is 0 Å². The van der Waals surface area contributed by atoms with Gasteiger partial charge in [0.2, 0.25) is 0 Å². The highest BCUT2D eigenvalue weighted by atomic mass is 16.5. The lowest BCUT2D eigenvalue weighted by atomic mass is 9.95. The van der Waals surface area contributed by atoms with E-state index in [0.717, 1.165) is 28.3 Å². The number of hydrogen-bond donors (Lipinski definition) is 1. The maximum Gasteiger partial charge on any atom is 0.322 e. The van der Waals surface area contributed by atoms with Crippen molar-refractivity contribution in [3.8, 4) is 5.75 Å². The maximum absolute atomic E-state index is 13.2. The summed E-state index contributed by atoms with van der Waals surface area (Å²) in [6, 6.07) is 14.6. The number of nitrogens with one attached hydrogen (secondary N) is 1. The van der Waals surface area contributed by atoms with Crippen molar-refractivity contribution >= 4 is 17.6 Å². The molecule has 2 aromatic rings. The second kappa shape index (κ2) is 6.46. The number of rotatable bonds is 3. The number of benzene rings is 2. The molecule has 0 aliphatic carbocycles. The average molecular weight is 363 g/mol. The Kier molecular flexibility index (Phi) is 4.11. The topological polar surface area (TPSA) is 61.9 Å². The number of methoxy groups -OCH3 is 1. The summed E-state index contributed by atoms with van der Waals surface area (Å²) < 4.78 is 5.20. The summed E-state index contributed by atoms with van der Waals surface area (Å²) in [6.07, 6.45) is 0. The van der Waals surface area contributed by atoms with Gasteiger partial charge in [0, 0.05) is 12.7 Å². The van der Waals surface area contributed by atoms with Gasteiger partial charge in [-0.3, -0.25) is 9.69 Å². The molecule has 0 fully saturated rings. The zero-order valence-corrected chi connectivity index (χ0v) is 15.5. The number of amides is 3. The Morgan fingerprint density at radius 1 is 1.04 bits per heavy atom. The molecule has 0 spiro atoms. The molecule has 2 aliphatic rings. The predicted octanol–water partition coefficient (Wildman–Crippen LogP) is 3.00. The van der Waals surface area contributed by atoms with E-state index in [1.54, 1.807) is 19.1 Å². The fraction of sp³-hybridized carbons (Fsp3) is 0.238. The molecule has 6 heteroatoms. The van der Waals surface area contributed by atoms with Gasteiger partial charge in [0.1, 0.15) is 5.75 Å². The Labute approximate surface area is 158 Å². The molecule has 2 aliphatic heterocycles. The van der Waals surface area contributed by atoms with Gasteiger partial charge in [-0.25, -0.2) is 4.79 Å². The first-order chi connectivity index (χ1) is 13.0. The number of aryl methyl sites for hydroxylation is 1. The molecule has 0 radical (unpaired) electrons. The van der Waals surface area contributed by atoms with Gasteiger partial charge in [-0.15, -0.1) is 0 Å². The monoisotopic (exact) mass is 363 g/mol. The molecule has 2 aromatic carbocycles. The van der Waals surface area contributed by atoms with E-state index in [4.69, 9.17) is 4.74 Å². The Bertz CT molecular complexity index is 932. The van der Waals surface area contributed by atoms with Gasteiger partial charge in [-0.2, -0.15) is 0 Å². The summed E-state index contributed by atoms with van der Waals surface area (Å²) >= 11 is 0. The Balaban J connectivity index is 1.73. The van der Waals surface area contributed by atoms with Gasteiger partial charge in [-0.05, 0) is 36.8 Å². The third kappa shape index (κ3) is 2.83. The Morgan fingerprint density at radius 3 is 2.33 bits per heavy atom. The molecule has 1 N–H and O–H groups in total. The van der Waals surface area contributed by atoms with Crippen LogP contribution < -0.4 is 15.0 Å². The Hall–Kier alpha value is -3.28. The number of urea groups is 1. The molecule has 0 aromatic heterocycles. The molecule has 0 bridgehead atoms. The van der Waals surface area contributed by atoms with E-state index in [1.807, 2.05) is 55.5 Å². The van der Waals surface area contributed by atoms with Gasteiger partial charge in [0.25, 0.3) is 5.91 Å². The summed E-state index contributed by atoms with van der Waals surface area (Å²) in [5.41, 5.74) is 4.17. The second-order valence-corrected chi connectivity index (χ2v) is 6.80. The summed E-state index contributed by atoms with van der Waals surface area (Å²) in [4.78, 5) is 29.0. The third-order valence-corrected chi connectivity index (χ3v) is 5.16. The molecule has 27 heavy (non-hydrogen) atoms. The van der Waals surface area contributed by atoms with Crippen LogP contribution in [-0.4, -0.2) is 37.5 Å². The van der Waals surface area contributed by atoms with Crippen LogP contribution in [0.1, 0.15) is 17.2 Å².